The second-order valence-electron chi connectivity index (χ2n) is 6.28. The van der Waals surface area contributed by atoms with Crippen LogP contribution >= 0.6 is 11.6 Å². The standard InChI is InChI=1S/C22H21ClN2O2/c1-2-26-13-12-25-20-11-10-17(23)14-19(20)24-22(25)15-27-21-9-5-7-16-6-3-4-8-18(16)21/h3-11,14H,2,12-13,15H2,1H3. The summed E-state index contributed by atoms with van der Waals surface area (Å²) in [5, 5.41) is 2.94. The van der Waals surface area contributed by atoms with Crippen LogP contribution in [0, 0.1) is 0 Å². The molecule has 0 radical (unpaired) electrons. The molecule has 5 heteroatoms. The molecule has 0 fully saturated rings. The average Bonchev–Trinajstić information content (AvgIpc) is 3.03. The summed E-state index contributed by atoms with van der Waals surface area (Å²) in [7, 11) is 0. The quantitative estimate of drug-likeness (QED) is 0.399. The molecule has 4 aromatic rings. The Kier molecular flexibility index (Phi) is 5.28. The molecular weight excluding hydrogens is 360 g/mol. The lowest BCUT2D eigenvalue weighted by Gasteiger charge is -2.12. The molecule has 0 saturated heterocycles. The van der Waals surface area contributed by atoms with E-state index in [2.05, 4.69) is 22.8 Å². The molecule has 0 spiro atoms. The number of benzene rings is 3. The molecule has 1 heterocycles. The highest BCUT2D eigenvalue weighted by Gasteiger charge is 2.12. The predicted octanol–water partition coefficient (Wildman–Crippen LogP) is 5.46. The predicted molar refractivity (Wildman–Crippen MR) is 110 cm³/mol. The molecule has 4 nitrogen and oxygen atoms in total. The summed E-state index contributed by atoms with van der Waals surface area (Å²) in [5.74, 6) is 1.72. The van der Waals surface area contributed by atoms with Crippen molar-refractivity contribution in [2.24, 2.45) is 0 Å². The number of imidazole rings is 1. The lowest BCUT2D eigenvalue weighted by molar-refractivity contribution is 0.138. The molecule has 0 aliphatic rings. The van der Waals surface area contributed by atoms with Crippen LogP contribution in [-0.2, 0) is 17.9 Å². The van der Waals surface area contributed by atoms with E-state index in [1.54, 1.807) is 0 Å². The Morgan fingerprint density at radius 3 is 2.78 bits per heavy atom. The Hall–Kier alpha value is -2.56. The molecule has 0 bridgehead atoms. The molecule has 138 valence electrons. The SMILES string of the molecule is CCOCCn1c(COc2cccc3ccccc23)nc2cc(Cl)ccc21. The van der Waals surface area contributed by atoms with Crippen molar-refractivity contribution in [3.63, 3.8) is 0 Å². The van der Waals surface area contributed by atoms with Crippen LogP contribution in [0.25, 0.3) is 21.8 Å². The maximum absolute atomic E-state index is 6.15. The molecule has 0 atom stereocenters. The normalized spacial score (nSPS) is 11.3. The van der Waals surface area contributed by atoms with Gasteiger partial charge in [-0.15, -0.1) is 0 Å². The molecule has 3 aromatic carbocycles. The fourth-order valence-electron chi connectivity index (χ4n) is 3.28. The van der Waals surface area contributed by atoms with Gasteiger partial charge in [0.15, 0.2) is 0 Å². The van der Waals surface area contributed by atoms with Gasteiger partial charge in [-0.2, -0.15) is 0 Å². The third kappa shape index (κ3) is 3.77. The summed E-state index contributed by atoms with van der Waals surface area (Å²) in [6.07, 6.45) is 0. The second kappa shape index (κ2) is 7.99. The summed E-state index contributed by atoms with van der Waals surface area (Å²) in [6, 6.07) is 20.1. The summed E-state index contributed by atoms with van der Waals surface area (Å²) in [4.78, 5) is 4.75. The first-order valence-electron chi connectivity index (χ1n) is 9.09. The van der Waals surface area contributed by atoms with Crippen LogP contribution in [0.5, 0.6) is 5.75 Å². The van der Waals surface area contributed by atoms with Gasteiger partial charge in [-0.3, -0.25) is 0 Å². The minimum absolute atomic E-state index is 0.381. The number of nitrogens with zero attached hydrogens (tertiary/aromatic N) is 2. The number of ether oxygens (including phenoxy) is 2. The molecule has 0 saturated carbocycles. The minimum Gasteiger partial charge on any atom is -0.485 e. The van der Waals surface area contributed by atoms with E-state index < -0.39 is 0 Å². The summed E-state index contributed by atoms with van der Waals surface area (Å²) in [6.45, 7) is 4.43. The smallest absolute Gasteiger partial charge is 0.148 e. The van der Waals surface area contributed by atoms with Gasteiger partial charge >= 0.3 is 0 Å². The molecule has 0 unspecified atom stereocenters. The molecule has 4 rings (SSSR count). The van der Waals surface area contributed by atoms with E-state index >= 15 is 0 Å². The third-order valence-electron chi connectivity index (χ3n) is 4.56. The number of rotatable bonds is 7. The number of fused-ring (bicyclic) bond motifs is 2. The summed E-state index contributed by atoms with van der Waals surface area (Å²) < 4.78 is 13.8. The van der Waals surface area contributed by atoms with Gasteiger partial charge in [0.05, 0.1) is 17.6 Å². The maximum Gasteiger partial charge on any atom is 0.148 e. The van der Waals surface area contributed by atoms with Crippen molar-refractivity contribution < 1.29 is 9.47 Å². The van der Waals surface area contributed by atoms with Gasteiger partial charge in [-0.1, -0.05) is 48.0 Å². The van der Waals surface area contributed by atoms with Crippen LogP contribution in [0.1, 0.15) is 12.7 Å². The lowest BCUT2D eigenvalue weighted by atomic mass is 10.1. The van der Waals surface area contributed by atoms with Crippen LogP contribution in [-0.4, -0.2) is 22.8 Å². The van der Waals surface area contributed by atoms with Crippen molar-refractivity contribution in [2.75, 3.05) is 13.2 Å². The zero-order valence-electron chi connectivity index (χ0n) is 15.2. The monoisotopic (exact) mass is 380 g/mol. The van der Waals surface area contributed by atoms with E-state index in [1.165, 1.54) is 0 Å². The number of hydrogen-bond donors (Lipinski definition) is 0. The molecule has 0 aliphatic heterocycles. The van der Waals surface area contributed by atoms with Crippen molar-refractivity contribution in [1.29, 1.82) is 0 Å². The first kappa shape index (κ1) is 17.8. The Morgan fingerprint density at radius 2 is 1.89 bits per heavy atom. The molecule has 0 amide bonds. The zero-order chi connectivity index (χ0) is 18.6. The van der Waals surface area contributed by atoms with E-state index in [4.69, 9.17) is 26.1 Å². The Morgan fingerprint density at radius 1 is 1.04 bits per heavy atom. The zero-order valence-corrected chi connectivity index (χ0v) is 15.9. The highest BCUT2D eigenvalue weighted by Crippen LogP contribution is 2.27. The van der Waals surface area contributed by atoms with Gasteiger partial charge in [0, 0.05) is 23.6 Å². The van der Waals surface area contributed by atoms with Gasteiger partial charge < -0.3 is 14.0 Å². The Balaban J connectivity index is 1.65. The summed E-state index contributed by atoms with van der Waals surface area (Å²) >= 11 is 6.14. The third-order valence-corrected chi connectivity index (χ3v) is 4.79. The van der Waals surface area contributed by atoms with Crippen LogP contribution in [0.15, 0.2) is 60.7 Å². The largest absolute Gasteiger partial charge is 0.485 e. The Labute approximate surface area is 163 Å². The number of aromatic nitrogens is 2. The second-order valence-corrected chi connectivity index (χ2v) is 6.71. The van der Waals surface area contributed by atoms with Crippen molar-refractivity contribution in [3.8, 4) is 5.75 Å². The first-order valence-corrected chi connectivity index (χ1v) is 9.47. The van der Waals surface area contributed by atoms with Crippen molar-refractivity contribution in [2.45, 2.75) is 20.1 Å². The van der Waals surface area contributed by atoms with Crippen LogP contribution in [0.4, 0.5) is 0 Å². The van der Waals surface area contributed by atoms with Crippen molar-refractivity contribution in [3.05, 3.63) is 71.5 Å². The molecule has 27 heavy (non-hydrogen) atoms. The van der Waals surface area contributed by atoms with Crippen LogP contribution in [0.2, 0.25) is 5.02 Å². The summed E-state index contributed by atoms with van der Waals surface area (Å²) in [5.41, 5.74) is 1.91. The van der Waals surface area contributed by atoms with Gasteiger partial charge in [-0.05, 0) is 36.6 Å². The van der Waals surface area contributed by atoms with E-state index in [0.29, 0.717) is 24.8 Å². The number of halogens is 1. The first-order chi connectivity index (χ1) is 13.3. The van der Waals surface area contributed by atoms with Gasteiger partial charge in [-0.25, -0.2) is 4.98 Å². The van der Waals surface area contributed by atoms with E-state index in [-0.39, 0.29) is 0 Å². The minimum atomic E-state index is 0.381. The van der Waals surface area contributed by atoms with Gasteiger partial charge in [0.1, 0.15) is 18.2 Å². The van der Waals surface area contributed by atoms with Crippen molar-refractivity contribution in [1.82, 2.24) is 9.55 Å². The molecule has 0 N–H and O–H groups in total. The highest BCUT2D eigenvalue weighted by molar-refractivity contribution is 6.31. The number of hydrogen-bond acceptors (Lipinski definition) is 3. The van der Waals surface area contributed by atoms with Crippen molar-refractivity contribution >= 4 is 33.4 Å². The topological polar surface area (TPSA) is 36.3 Å². The van der Waals surface area contributed by atoms with Gasteiger partial charge in [0.25, 0.3) is 0 Å². The fraction of sp³-hybridized carbons (Fsp3) is 0.227. The maximum atomic E-state index is 6.15. The molecular formula is C22H21ClN2O2. The Bertz CT molecular complexity index is 1070. The van der Waals surface area contributed by atoms with Crippen LogP contribution in [0.3, 0.4) is 0 Å². The fourth-order valence-corrected chi connectivity index (χ4v) is 3.44. The molecule has 0 aliphatic carbocycles. The van der Waals surface area contributed by atoms with E-state index in [0.717, 1.165) is 39.9 Å². The lowest BCUT2D eigenvalue weighted by Crippen LogP contribution is -2.11. The van der Waals surface area contributed by atoms with Crippen LogP contribution < -0.4 is 4.74 Å². The highest BCUT2D eigenvalue weighted by atomic mass is 35.5. The van der Waals surface area contributed by atoms with E-state index in [1.807, 2.05) is 49.4 Å². The molecule has 1 aromatic heterocycles. The van der Waals surface area contributed by atoms with Gasteiger partial charge in [0.2, 0.25) is 0 Å². The van der Waals surface area contributed by atoms with E-state index in [9.17, 15) is 0 Å². The average molecular weight is 381 g/mol.